The summed E-state index contributed by atoms with van der Waals surface area (Å²) in [5.74, 6) is -0.743. The summed E-state index contributed by atoms with van der Waals surface area (Å²) in [6, 6.07) is 4.06. The fourth-order valence-corrected chi connectivity index (χ4v) is 3.32. The molecule has 0 bridgehead atoms. The molecular weight excluding hydrogens is 349 g/mol. The van der Waals surface area contributed by atoms with Gasteiger partial charge in [-0.05, 0) is 43.4 Å². The zero-order valence-corrected chi connectivity index (χ0v) is 15.8. The lowest BCUT2D eigenvalue weighted by molar-refractivity contribution is -0.143. The zero-order chi connectivity index (χ0) is 19.6. The van der Waals surface area contributed by atoms with Crippen molar-refractivity contribution in [2.75, 3.05) is 11.9 Å². The van der Waals surface area contributed by atoms with E-state index in [1.54, 1.807) is 25.4 Å². The molecule has 2 heterocycles. The van der Waals surface area contributed by atoms with Gasteiger partial charge in [-0.2, -0.15) is 0 Å². The first-order valence-electron chi connectivity index (χ1n) is 9.12. The largest absolute Gasteiger partial charge is 0.324 e. The van der Waals surface area contributed by atoms with Crippen LogP contribution in [-0.2, 0) is 16.1 Å². The Hall–Kier alpha value is -2.77. The van der Waals surface area contributed by atoms with Crippen LogP contribution >= 0.6 is 0 Å². The highest BCUT2D eigenvalue weighted by molar-refractivity contribution is 6.39. The fourth-order valence-electron chi connectivity index (χ4n) is 3.32. The monoisotopic (exact) mass is 373 g/mol. The van der Waals surface area contributed by atoms with Gasteiger partial charge < -0.3 is 14.8 Å². The zero-order valence-electron chi connectivity index (χ0n) is 15.8. The molecule has 27 heavy (non-hydrogen) atoms. The van der Waals surface area contributed by atoms with Gasteiger partial charge in [-0.1, -0.05) is 19.9 Å². The third-order valence-electron chi connectivity index (χ3n) is 4.64. The molecule has 0 saturated carbocycles. The molecule has 1 aliphatic heterocycles. The smallest absolute Gasteiger partial charge is 0.313 e. The van der Waals surface area contributed by atoms with Gasteiger partial charge in [0.15, 0.2) is 5.82 Å². The minimum atomic E-state index is -0.778. The molecule has 7 nitrogen and oxygen atoms in total. The van der Waals surface area contributed by atoms with Crippen molar-refractivity contribution in [3.8, 4) is 0 Å². The van der Waals surface area contributed by atoms with Gasteiger partial charge in [0.25, 0.3) is 0 Å². The van der Waals surface area contributed by atoms with E-state index < -0.39 is 17.6 Å². The van der Waals surface area contributed by atoms with E-state index >= 15 is 0 Å². The van der Waals surface area contributed by atoms with Crippen LogP contribution in [0.3, 0.4) is 0 Å². The van der Waals surface area contributed by atoms with Gasteiger partial charge in [0.2, 0.25) is 0 Å². The quantitative estimate of drug-likeness (QED) is 0.836. The molecule has 0 spiro atoms. The third kappa shape index (κ3) is 4.15. The van der Waals surface area contributed by atoms with Gasteiger partial charge >= 0.3 is 11.8 Å². The number of hydrogen-bond donors (Lipinski definition) is 1. The second-order valence-electron chi connectivity index (χ2n) is 7.31. The van der Waals surface area contributed by atoms with Crippen molar-refractivity contribution in [1.82, 2.24) is 19.7 Å². The molecule has 1 fully saturated rings. The van der Waals surface area contributed by atoms with Gasteiger partial charge in [0.1, 0.15) is 12.1 Å². The topological polar surface area (TPSA) is 80.1 Å². The first-order valence-corrected chi connectivity index (χ1v) is 9.12. The number of halogens is 1. The van der Waals surface area contributed by atoms with E-state index in [-0.39, 0.29) is 11.7 Å². The number of rotatable bonds is 4. The van der Waals surface area contributed by atoms with Crippen LogP contribution in [0.5, 0.6) is 0 Å². The number of likely N-dealkylation sites (tertiary alicyclic amines) is 1. The number of amides is 2. The van der Waals surface area contributed by atoms with Gasteiger partial charge in [0.05, 0.1) is 6.04 Å². The molecule has 1 aromatic carbocycles. The molecule has 0 radical (unpaired) electrons. The lowest BCUT2D eigenvalue weighted by atomic mass is 10.1. The lowest BCUT2D eigenvalue weighted by Crippen LogP contribution is -2.40. The highest BCUT2D eigenvalue weighted by Gasteiger charge is 2.36. The van der Waals surface area contributed by atoms with Crippen LogP contribution in [0.25, 0.3) is 0 Å². The number of carbonyl (C=O) groups excluding carboxylic acids is 2. The van der Waals surface area contributed by atoms with Gasteiger partial charge in [-0.3, -0.25) is 9.59 Å². The molecule has 2 amide bonds. The standard InChI is InChI=1S/C19H24FN5O2/c1-12(2)10-24-11-21-23-17(24)16-5-4-8-25(16)19(27)18(26)22-14-7-6-13(3)15(20)9-14/h6-7,9,11-12,16H,4-5,8,10H2,1-3H3,(H,22,26)/t16-/m0/s1. The Kier molecular flexibility index (Phi) is 5.53. The van der Waals surface area contributed by atoms with Crippen molar-refractivity contribution < 1.29 is 14.0 Å². The number of anilines is 1. The van der Waals surface area contributed by atoms with E-state index in [0.29, 0.717) is 23.9 Å². The maximum atomic E-state index is 13.7. The third-order valence-corrected chi connectivity index (χ3v) is 4.64. The summed E-state index contributed by atoms with van der Waals surface area (Å²) in [4.78, 5) is 26.6. The fraction of sp³-hybridized carbons (Fsp3) is 0.474. The van der Waals surface area contributed by atoms with E-state index in [1.165, 1.54) is 11.0 Å². The highest BCUT2D eigenvalue weighted by Crippen LogP contribution is 2.31. The van der Waals surface area contributed by atoms with Gasteiger partial charge in [-0.15, -0.1) is 10.2 Å². The van der Waals surface area contributed by atoms with Crippen molar-refractivity contribution >= 4 is 17.5 Å². The minimum absolute atomic E-state index is 0.259. The van der Waals surface area contributed by atoms with E-state index in [2.05, 4.69) is 29.4 Å². The number of aryl methyl sites for hydroxylation is 1. The molecule has 1 saturated heterocycles. The lowest BCUT2D eigenvalue weighted by Gasteiger charge is -2.24. The van der Waals surface area contributed by atoms with Crippen LogP contribution in [0.4, 0.5) is 10.1 Å². The summed E-state index contributed by atoms with van der Waals surface area (Å²) in [5, 5.41) is 10.6. The number of carbonyl (C=O) groups is 2. The van der Waals surface area contributed by atoms with E-state index in [9.17, 15) is 14.0 Å². The summed E-state index contributed by atoms with van der Waals surface area (Å²) < 4.78 is 15.6. The summed E-state index contributed by atoms with van der Waals surface area (Å²) in [6.07, 6.45) is 3.18. The van der Waals surface area contributed by atoms with Crippen LogP contribution in [-0.4, -0.2) is 38.0 Å². The molecule has 144 valence electrons. The Bertz CT molecular complexity index is 848. The van der Waals surface area contributed by atoms with Gasteiger partial charge in [0, 0.05) is 18.8 Å². The summed E-state index contributed by atoms with van der Waals surface area (Å²) >= 11 is 0. The Morgan fingerprint density at radius 2 is 2.15 bits per heavy atom. The van der Waals surface area contributed by atoms with Crippen LogP contribution in [0, 0.1) is 18.7 Å². The van der Waals surface area contributed by atoms with Crippen molar-refractivity contribution in [2.24, 2.45) is 5.92 Å². The first kappa shape index (κ1) is 19.0. The molecule has 1 N–H and O–H groups in total. The normalized spacial score (nSPS) is 16.8. The highest BCUT2D eigenvalue weighted by atomic mass is 19.1. The SMILES string of the molecule is Cc1ccc(NC(=O)C(=O)N2CCC[C@H]2c2nncn2CC(C)C)cc1F. The predicted octanol–water partition coefficient (Wildman–Crippen LogP) is 2.68. The maximum absolute atomic E-state index is 13.7. The number of aromatic nitrogens is 3. The van der Waals surface area contributed by atoms with E-state index in [0.717, 1.165) is 19.4 Å². The Labute approximate surface area is 157 Å². The van der Waals surface area contributed by atoms with Crippen molar-refractivity contribution in [1.29, 1.82) is 0 Å². The molecular formula is C19H24FN5O2. The average molecular weight is 373 g/mol. The molecule has 0 aliphatic carbocycles. The van der Waals surface area contributed by atoms with Crippen molar-refractivity contribution in [3.63, 3.8) is 0 Å². The van der Waals surface area contributed by atoms with Crippen LogP contribution in [0.15, 0.2) is 24.5 Å². The summed E-state index contributed by atoms with van der Waals surface area (Å²) in [6.45, 7) is 7.04. The van der Waals surface area contributed by atoms with Crippen molar-refractivity contribution in [2.45, 2.75) is 46.2 Å². The number of nitrogens with one attached hydrogen (secondary N) is 1. The second kappa shape index (κ2) is 7.85. The molecule has 0 unspecified atom stereocenters. The Morgan fingerprint density at radius 1 is 1.37 bits per heavy atom. The van der Waals surface area contributed by atoms with Crippen LogP contribution in [0.2, 0.25) is 0 Å². The maximum Gasteiger partial charge on any atom is 0.313 e. The first-order chi connectivity index (χ1) is 12.9. The second-order valence-corrected chi connectivity index (χ2v) is 7.31. The average Bonchev–Trinajstić information content (AvgIpc) is 3.25. The van der Waals surface area contributed by atoms with Crippen LogP contribution < -0.4 is 5.32 Å². The molecule has 8 heteroatoms. The van der Waals surface area contributed by atoms with Gasteiger partial charge in [-0.25, -0.2) is 4.39 Å². The Balaban J connectivity index is 1.74. The molecule has 1 aliphatic rings. The van der Waals surface area contributed by atoms with E-state index in [4.69, 9.17) is 0 Å². The minimum Gasteiger partial charge on any atom is -0.324 e. The summed E-state index contributed by atoms with van der Waals surface area (Å²) in [7, 11) is 0. The molecule has 3 rings (SSSR count). The Morgan fingerprint density at radius 3 is 2.85 bits per heavy atom. The van der Waals surface area contributed by atoms with Crippen molar-refractivity contribution in [3.05, 3.63) is 41.7 Å². The van der Waals surface area contributed by atoms with E-state index in [1.807, 2.05) is 4.57 Å². The number of nitrogens with zero attached hydrogens (tertiary/aromatic N) is 4. The molecule has 1 atom stereocenters. The van der Waals surface area contributed by atoms with Crippen LogP contribution in [0.1, 0.15) is 44.1 Å². The molecule has 2 aromatic rings. The molecule has 1 aromatic heterocycles. The predicted molar refractivity (Wildman–Crippen MR) is 98.3 cm³/mol. The number of benzene rings is 1. The number of hydrogen-bond acceptors (Lipinski definition) is 4. The summed E-state index contributed by atoms with van der Waals surface area (Å²) in [5.41, 5.74) is 0.735.